The van der Waals surface area contributed by atoms with E-state index >= 15 is 0 Å². The number of carbonyl (C=O) groups excluding carboxylic acids is 4. The van der Waals surface area contributed by atoms with Gasteiger partial charge in [0.1, 0.15) is 0 Å². The molecule has 0 radical (unpaired) electrons. The zero-order chi connectivity index (χ0) is 22.3. The van der Waals surface area contributed by atoms with E-state index < -0.39 is 18.2 Å². The van der Waals surface area contributed by atoms with Gasteiger partial charge in [-0.1, -0.05) is 35.9 Å². The van der Waals surface area contributed by atoms with Crippen LogP contribution < -0.4 is 4.90 Å². The molecule has 0 N–H and O–H groups in total. The normalized spacial score (nSPS) is 19.8. The number of benzene rings is 2. The summed E-state index contributed by atoms with van der Waals surface area (Å²) >= 11 is 0. The number of Topliss-reactive ketones (excluding diaryl/α,β-unsaturated/α-hetero) is 1. The first kappa shape index (κ1) is 20.8. The maximum atomic E-state index is 13.4. The van der Waals surface area contributed by atoms with Crippen LogP contribution in [0.25, 0.3) is 0 Å². The predicted molar refractivity (Wildman–Crippen MR) is 114 cm³/mol. The van der Waals surface area contributed by atoms with Crippen LogP contribution in [0.5, 0.6) is 0 Å². The Morgan fingerprint density at radius 1 is 1.10 bits per heavy atom. The molecule has 160 valence electrons. The van der Waals surface area contributed by atoms with Gasteiger partial charge in [0.05, 0.1) is 11.3 Å². The van der Waals surface area contributed by atoms with Crippen LogP contribution in [0.15, 0.2) is 42.5 Å². The third kappa shape index (κ3) is 3.12. The number of esters is 1. The van der Waals surface area contributed by atoms with Gasteiger partial charge >= 0.3 is 5.97 Å². The van der Waals surface area contributed by atoms with Gasteiger partial charge in [0.2, 0.25) is 17.4 Å². The molecule has 0 bridgehead atoms. The Balaban J connectivity index is 1.66. The summed E-state index contributed by atoms with van der Waals surface area (Å²) in [5.74, 6) is -1.68. The highest BCUT2D eigenvalue weighted by Crippen LogP contribution is 2.44. The average Bonchev–Trinajstić information content (AvgIpc) is 3.10. The van der Waals surface area contributed by atoms with Crippen LogP contribution in [0.4, 0.5) is 5.69 Å². The van der Waals surface area contributed by atoms with Crippen LogP contribution in [0.1, 0.15) is 51.6 Å². The van der Waals surface area contributed by atoms with Gasteiger partial charge < -0.3 is 9.64 Å². The predicted octanol–water partition coefficient (Wildman–Crippen LogP) is 3.03. The number of likely N-dealkylation sites (N-methyl/N-ethyl adjacent to an activating group) is 1. The molecule has 2 aromatic carbocycles. The second kappa shape index (κ2) is 7.65. The summed E-state index contributed by atoms with van der Waals surface area (Å²) in [4.78, 5) is 54.8. The zero-order valence-electron chi connectivity index (χ0n) is 17.8. The molecule has 31 heavy (non-hydrogen) atoms. The van der Waals surface area contributed by atoms with Crippen LogP contribution in [0, 0.1) is 13.8 Å². The van der Waals surface area contributed by atoms with Gasteiger partial charge in [-0.05, 0) is 38.5 Å². The summed E-state index contributed by atoms with van der Waals surface area (Å²) in [5, 5.41) is 0. The Kier molecular flexibility index (Phi) is 5.13. The zero-order valence-corrected chi connectivity index (χ0v) is 17.8. The van der Waals surface area contributed by atoms with Gasteiger partial charge in [0.25, 0.3) is 5.91 Å². The van der Waals surface area contributed by atoms with E-state index in [1.807, 2.05) is 26.0 Å². The van der Waals surface area contributed by atoms with Crippen LogP contribution >= 0.6 is 0 Å². The molecule has 2 aromatic rings. The summed E-state index contributed by atoms with van der Waals surface area (Å²) in [6, 6.07) is 12.2. The number of ketones is 1. The van der Waals surface area contributed by atoms with Crippen molar-refractivity contribution in [1.82, 2.24) is 4.90 Å². The largest absolute Gasteiger partial charge is 0.454 e. The highest BCUT2D eigenvalue weighted by molar-refractivity contribution is 6.15. The van der Waals surface area contributed by atoms with Crippen LogP contribution in [0.2, 0.25) is 0 Å². The van der Waals surface area contributed by atoms with E-state index in [9.17, 15) is 19.2 Å². The number of fused-ring (bicyclic) bond motifs is 3. The fourth-order valence-electron chi connectivity index (χ4n) is 4.62. The van der Waals surface area contributed by atoms with Crippen molar-refractivity contribution in [3.63, 3.8) is 0 Å². The molecule has 2 aliphatic rings. The molecule has 7 heteroatoms. The number of amides is 2. The first-order chi connectivity index (χ1) is 14.8. The number of rotatable bonds is 5. The van der Waals surface area contributed by atoms with Crippen LogP contribution in [-0.4, -0.2) is 47.3 Å². The average molecular weight is 420 g/mol. The van der Waals surface area contributed by atoms with E-state index in [0.29, 0.717) is 16.8 Å². The van der Waals surface area contributed by atoms with Crippen molar-refractivity contribution in [3.05, 3.63) is 64.7 Å². The molecule has 0 saturated carbocycles. The van der Waals surface area contributed by atoms with E-state index in [2.05, 4.69) is 0 Å². The molecule has 0 spiro atoms. The third-order valence-corrected chi connectivity index (χ3v) is 6.03. The molecule has 0 unspecified atom stereocenters. The summed E-state index contributed by atoms with van der Waals surface area (Å²) < 4.78 is 5.46. The summed E-state index contributed by atoms with van der Waals surface area (Å²) in [5.41, 5.74) is 1.51. The van der Waals surface area contributed by atoms with E-state index in [1.54, 1.807) is 37.3 Å². The number of anilines is 1. The molecule has 2 heterocycles. The van der Waals surface area contributed by atoms with E-state index in [4.69, 9.17) is 4.74 Å². The minimum Gasteiger partial charge on any atom is -0.454 e. The lowest BCUT2D eigenvalue weighted by atomic mass is 9.96. The maximum absolute atomic E-state index is 13.4. The second-order valence-corrected chi connectivity index (χ2v) is 7.93. The Bertz CT molecular complexity index is 1110. The Hall–Kier alpha value is -3.48. The molecule has 0 aromatic heterocycles. The fourth-order valence-corrected chi connectivity index (χ4v) is 4.62. The van der Waals surface area contributed by atoms with E-state index in [-0.39, 0.29) is 37.0 Å². The SMILES string of the molecule is CCN1C(=O)c2ccccc2N2C(=O)CC[C@]12C(=O)OCC(=O)c1ccc(C)cc1C. The smallest absolute Gasteiger partial charge is 0.354 e. The van der Waals surface area contributed by atoms with Gasteiger partial charge in [0, 0.05) is 24.9 Å². The van der Waals surface area contributed by atoms with Crippen LogP contribution in [-0.2, 0) is 14.3 Å². The number of hydrogen-bond donors (Lipinski definition) is 0. The fraction of sp³-hybridized carbons (Fsp3) is 0.333. The number of para-hydroxylation sites is 1. The van der Waals surface area contributed by atoms with E-state index in [0.717, 1.165) is 11.1 Å². The molecular weight excluding hydrogens is 396 g/mol. The molecule has 2 amide bonds. The lowest BCUT2D eigenvalue weighted by molar-refractivity contribution is -0.156. The van der Waals surface area contributed by atoms with Gasteiger partial charge in [0.15, 0.2) is 6.61 Å². The summed E-state index contributed by atoms with van der Waals surface area (Å²) in [6.07, 6.45) is 0.231. The molecule has 1 atom stereocenters. The van der Waals surface area contributed by atoms with Gasteiger partial charge in [-0.25, -0.2) is 4.79 Å². The second-order valence-electron chi connectivity index (χ2n) is 7.93. The van der Waals surface area contributed by atoms with Crippen molar-refractivity contribution < 1.29 is 23.9 Å². The molecule has 2 aliphatic heterocycles. The number of ether oxygens (including phenoxy) is 1. The lowest BCUT2D eigenvalue weighted by Crippen LogP contribution is -2.68. The maximum Gasteiger partial charge on any atom is 0.354 e. The van der Waals surface area contributed by atoms with E-state index in [1.165, 1.54) is 9.80 Å². The van der Waals surface area contributed by atoms with Crippen molar-refractivity contribution in [3.8, 4) is 0 Å². The number of nitrogens with zero attached hydrogens (tertiary/aromatic N) is 2. The molecule has 1 fully saturated rings. The molecule has 4 rings (SSSR count). The van der Waals surface area contributed by atoms with Crippen molar-refractivity contribution >= 4 is 29.3 Å². The molecule has 0 aliphatic carbocycles. The number of aryl methyl sites for hydroxylation is 2. The van der Waals surface area contributed by atoms with Crippen molar-refractivity contribution in [2.24, 2.45) is 0 Å². The number of carbonyl (C=O) groups is 4. The quantitative estimate of drug-likeness (QED) is 0.548. The summed E-state index contributed by atoms with van der Waals surface area (Å²) in [7, 11) is 0. The minimum absolute atomic E-state index is 0.109. The number of hydrogen-bond acceptors (Lipinski definition) is 5. The van der Waals surface area contributed by atoms with Crippen LogP contribution in [0.3, 0.4) is 0 Å². The first-order valence-electron chi connectivity index (χ1n) is 10.3. The molecule has 7 nitrogen and oxygen atoms in total. The van der Waals surface area contributed by atoms with Crippen molar-refractivity contribution in [2.75, 3.05) is 18.1 Å². The first-order valence-corrected chi connectivity index (χ1v) is 10.3. The Morgan fingerprint density at radius 3 is 2.55 bits per heavy atom. The Labute approximate surface area is 180 Å². The van der Waals surface area contributed by atoms with Gasteiger partial charge in [-0.3, -0.25) is 19.3 Å². The standard InChI is InChI=1S/C24H24N2O5/c1-4-25-22(29)18-7-5-6-8-19(18)26-21(28)11-12-24(25,26)23(30)31-14-20(27)17-10-9-15(2)13-16(17)3/h5-10,13H,4,11-12,14H2,1-3H3/t24-/m0/s1. The van der Waals surface area contributed by atoms with Gasteiger partial charge in [-0.15, -0.1) is 0 Å². The topological polar surface area (TPSA) is 84.0 Å². The van der Waals surface area contributed by atoms with Crippen molar-refractivity contribution in [1.29, 1.82) is 0 Å². The highest BCUT2D eigenvalue weighted by atomic mass is 16.5. The Morgan fingerprint density at radius 2 is 1.84 bits per heavy atom. The monoisotopic (exact) mass is 420 g/mol. The van der Waals surface area contributed by atoms with Crippen molar-refractivity contribution in [2.45, 2.75) is 39.3 Å². The molecular formula is C24H24N2O5. The highest BCUT2D eigenvalue weighted by Gasteiger charge is 2.61. The molecule has 1 saturated heterocycles. The van der Waals surface area contributed by atoms with Gasteiger partial charge in [-0.2, -0.15) is 0 Å². The summed E-state index contributed by atoms with van der Waals surface area (Å²) in [6.45, 7) is 5.27. The lowest BCUT2D eigenvalue weighted by Gasteiger charge is -2.47. The third-order valence-electron chi connectivity index (χ3n) is 6.03. The minimum atomic E-state index is -1.57.